The molecule has 120 valence electrons. The number of benzene rings is 1. The Morgan fingerprint density at radius 2 is 1.38 bits per heavy atom. The predicted molar refractivity (Wildman–Crippen MR) is 83.6 cm³/mol. The van der Waals surface area contributed by atoms with Crippen molar-refractivity contribution in [1.29, 1.82) is 0 Å². The molecule has 1 aromatic rings. The summed E-state index contributed by atoms with van der Waals surface area (Å²) < 4.78 is 0. The van der Waals surface area contributed by atoms with Crippen molar-refractivity contribution in [2.75, 3.05) is 11.9 Å². The van der Waals surface area contributed by atoms with Crippen LogP contribution >= 0.6 is 0 Å². The van der Waals surface area contributed by atoms with Gasteiger partial charge in [0.1, 0.15) is 0 Å². The average Bonchev–Trinajstić information content (AvgIpc) is 2.73. The van der Waals surface area contributed by atoms with Gasteiger partial charge in [-0.3, -0.25) is 0 Å². The van der Waals surface area contributed by atoms with Gasteiger partial charge in [0.05, 0.1) is 11.2 Å². The van der Waals surface area contributed by atoms with E-state index in [0.29, 0.717) is 0 Å². The lowest BCUT2D eigenvalue weighted by molar-refractivity contribution is -0.107. The van der Waals surface area contributed by atoms with Crippen molar-refractivity contribution in [3.05, 3.63) is 29.8 Å². The maximum Gasteiger partial charge on any atom is 0.631 e. The third-order valence-electron chi connectivity index (χ3n) is 3.22. The Morgan fingerprint density at radius 1 is 0.952 bits per heavy atom. The first kappa shape index (κ1) is 19.9. The van der Waals surface area contributed by atoms with E-state index in [-0.39, 0.29) is 0 Å². The largest absolute Gasteiger partial charge is 0.631 e. The average molecular weight is 299 g/mol. The van der Waals surface area contributed by atoms with Crippen LogP contribution in [0, 0.1) is 0 Å². The Kier molecular flexibility index (Phi) is 7.91. The number of rotatable bonds is 1. The van der Waals surface area contributed by atoms with E-state index < -0.39 is 18.5 Å². The van der Waals surface area contributed by atoms with Gasteiger partial charge in [-0.15, -0.1) is 0 Å². The number of anilines is 1. The van der Waals surface area contributed by atoms with Crippen molar-refractivity contribution < 1.29 is 25.3 Å². The van der Waals surface area contributed by atoms with Crippen molar-refractivity contribution in [3.63, 3.8) is 0 Å². The lowest BCUT2D eigenvalue weighted by Gasteiger charge is -2.31. The zero-order valence-electron chi connectivity index (χ0n) is 13.0. The summed E-state index contributed by atoms with van der Waals surface area (Å²) in [5.41, 5.74) is 0.759. The lowest BCUT2D eigenvalue weighted by atomic mass is 9.90. The molecule has 0 bridgehead atoms. The molecule has 1 aliphatic rings. The Balaban J connectivity index is 0.000000310. The fraction of sp³-hybridized carbons (Fsp3) is 0.571. The van der Waals surface area contributed by atoms with E-state index in [1.54, 1.807) is 27.7 Å². The molecule has 1 aromatic carbocycles. The van der Waals surface area contributed by atoms with Crippen LogP contribution in [0.3, 0.4) is 0 Å². The van der Waals surface area contributed by atoms with Crippen LogP contribution in [0.2, 0.25) is 0 Å². The highest BCUT2D eigenvalue weighted by atomic mass is 16.5. The number of hydrogen-bond acceptors (Lipinski definition) is 6. The lowest BCUT2D eigenvalue weighted by Crippen LogP contribution is -2.44. The monoisotopic (exact) mass is 299 g/mol. The molecule has 0 amide bonds. The van der Waals surface area contributed by atoms with E-state index >= 15 is 0 Å². The second kappa shape index (κ2) is 8.36. The standard InChI is InChI=1S/C8H9N.C6H14O2.BH3O3/c1-2-4-8-7(3-1)5-6-9-8;1-5(2,7)6(3,4)8;2-1(3)4/h1-4,9H,5-6H2;7-8H,1-4H3;2-4H. The minimum absolute atomic E-state index is 1.01. The quantitative estimate of drug-likeness (QED) is 0.411. The first-order chi connectivity index (χ1) is 9.45. The van der Waals surface area contributed by atoms with Crippen LogP contribution in [0.5, 0.6) is 0 Å². The Bertz CT molecular complexity index is 375. The first-order valence-electron chi connectivity index (χ1n) is 6.76. The Labute approximate surface area is 126 Å². The van der Waals surface area contributed by atoms with Gasteiger partial charge < -0.3 is 30.6 Å². The minimum Gasteiger partial charge on any atom is -0.402 e. The van der Waals surface area contributed by atoms with Crippen LogP contribution < -0.4 is 5.32 Å². The van der Waals surface area contributed by atoms with E-state index in [1.807, 2.05) is 0 Å². The van der Waals surface area contributed by atoms with Crippen LogP contribution in [0.1, 0.15) is 33.3 Å². The van der Waals surface area contributed by atoms with Crippen molar-refractivity contribution in [2.45, 2.75) is 45.3 Å². The topological polar surface area (TPSA) is 113 Å². The van der Waals surface area contributed by atoms with Crippen molar-refractivity contribution in [2.24, 2.45) is 0 Å². The number of hydrogen-bond donors (Lipinski definition) is 6. The smallest absolute Gasteiger partial charge is 0.402 e. The fourth-order valence-electron chi connectivity index (χ4n) is 1.24. The Hall–Kier alpha value is -1.12. The summed E-state index contributed by atoms with van der Waals surface area (Å²) >= 11 is 0. The van der Waals surface area contributed by atoms with Gasteiger partial charge in [0.25, 0.3) is 0 Å². The third kappa shape index (κ3) is 8.69. The molecule has 2 rings (SSSR count). The molecule has 6 N–H and O–H groups in total. The normalized spacial score (nSPS) is 13.0. The highest BCUT2D eigenvalue weighted by Crippen LogP contribution is 2.20. The van der Waals surface area contributed by atoms with Crippen molar-refractivity contribution >= 4 is 13.0 Å². The van der Waals surface area contributed by atoms with Gasteiger partial charge in [-0.05, 0) is 45.7 Å². The third-order valence-corrected chi connectivity index (χ3v) is 3.22. The summed E-state index contributed by atoms with van der Waals surface area (Å²) in [6, 6.07) is 8.46. The zero-order valence-corrected chi connectivity index (χ0v) is 13.0. The maximum atomic E-state index is 9.10. The Morgan fingerprint density at radius 3 is 1.76 bits per heavy atom. The van der Waals surface area contributed by atoms with E-state index in [9.17, 15) is 0 Å². The van der Waals surface area contributed by atoms with Crippen LogP contribution in [0.25, 0.3) is 0 Å². The second-order valence-electron chi connectivity index (χ2n) is 5.80. The highest BCUT2D eigenvalue weighted by Gasteiger charge is 2.31. The van der Waals surface area contributed by atoms with E-state index in [0.717, 1.165) is 6.54 Å². The second-order valence-corrected chi connectivity index (χ2v) is 5.80. The molecule has 0 spiro atoms. The highest BCUT2D eigenvalue weighted by molar-refractivity contribution is 6.30. The van der Waals surface area contributed by atoms with E-state index in [4.69, 9.17) is 25.3 Å². The van der Waals surface area contributed by atoms with Gasteiger partial charge in [-0.25, -0.2) is 0 Å². The molecule has 7 heteroatoms. The molecule has 0 saturated heterocycles. The summed E-state index contributed by atoms with van der Waals surface area (Å²) in [5, 5.41) is 43.0. The molecule has 0 atom stereocenters. The molecule has 0 saturated carbocycles. The molecule has 0 aliphatic carbocycles. The molecular formula is C14H26BNO5. The molecule has 21 heavy (non-hydrogen) atoms. The van der Waals surface area contributed by atoms with Crippen LogP contribution in [0.15, 0.2) is 24.3 Å². The zero-order chi connectivity index (χ0) is 16.7. The number of para-hydroxylation sites is 1. The molecule has 0 aromatic heterocycles. The SMILES string of the molecule is CC(C)(O)C(C)(C)O.OB(O)O.c1ccc2c(c1)CCN2. The van der Waals surface area contributed by atoms with Crippen molar-refractivity contribution in [3.8, 4) is 0 Å². The number of fused-ring (bicyclic) bond motifs is 1. The summed E-state index contributed by atoms with van der Waals surface area (Å²) in [6.07, 6.45) is 1.19. The van der Waals surface area contributed by atoms with Gasteiger partial charge in [0.2, 0.25) is 0 Å². The van der Waals surface area contributed by atoms with Gasteiger partial charge in [0.15, 0.2) is 0 Å². The van der Waals surface area contributed by atoms with Gasteiger partial charge >= 0.3 is 7.32 Å². The van der Waals surface area contributed by atoms with Gasteiger partial charge in [0, 0.05) is 12.2 Å². The van der Waals surface area contributed by atoms with Crippen LogP contribution in [-0.2, 0) is 6.42 Å². The minimum atomic E-state index is -2.17. The molecule has 6 nitrogen and oxygen atoms in total. The first-order valence-corrected chi connectivity index (χ1v) is 6.76. The molecule has 0 radical (unpaired) electrons. The van der Waals surface area contributed by atoms with Gasteiger partial charge in [-0.2, -0.15) is 0 Å². The van der Waals surface area contributed by atoms with E-state index in [1.165, 1.54) is 17.7 Å². The van der Waals surface area contributed by atoms with Crippen LogP contribution in [-0.4, -0.2) is 50.4 Å². The molecule has 0 unspecified atom stereocenters. The summed E-state index contributed by atoms with van der Waals surface area (Å²) in [5.74, 6) is 0. The predicted octanol–water partition coefficient (Wildman–Crippen LogP) is 0.131. The summed E-state index contributed by atoms with van der Waals surface area (Å²) in [4.78, 5) is 0. The number of aliphatic hydroxyl groups is 2. The summed E-state index contributed by atoms with van der Waals surface area (Å²) in [6.45, 7) is 7.42. The van der Waals surface area contributed by atoms with Crippen LogP contribution in [0.4, 0.5) is 5.69 Å². The molecule has 0 fully saturated rings. The van der Waals surface area contributed by atoms with Crippen molar-refractivity contribution in [1.82, 2.24) is 0 Å². The maximum absolute atomic E-state index is 9.10. The molecule has 1 heterocycles. The number of nitrogens with one attached hydrogen (secondary N) is 1. The van der Waals surface area contributed by atoms with E-state index in [2.05, 4.69) is 29.6 Å². The summed E-state index contributed by atoms with van der Waals surface area (Å²) in [7, 11) is -2.17. The molecular weight excluding hydrogens is 273 g/mol. The molecule has 1 aliphatic heterocycles. The van der Waals surface area contributed by atoms with Gasteiger partial charge in [-0.1, -0.05) is 18.2 Å². The fourth-order valence-corrected chi connectivity index (χ4v) is 1.24.